The Morgan fingerprint density at radius 2 is 1.62 bits per heavy atom. The molecule has 6 heteroatoms. The van der Waals surface area contributed by atoms with Gasteiger partial charge >= 0.3 is 0 Å². The van der Waals surface area contributed by atoms with Gasteiger partial charge in [-0.05, 0) is 29.8 Å². The van der Waals surface area contributed by atoms with E-state index in [-0.39, 0.29) is 5.91 Å². The Balaban J connectivity index is 2.08. The first-order chi connectivity index (χ1) is 10.0. The molecule has 0 unspecified atom stereocenters. The fourth-order valence-electron chi connectivity index (χ4n) is 1.82. The number of carbonyl (C=O) groups is 1. The van der Waals surface area contributed by atoms with Crippen molar-refractivity contribution in [3.8, 4) is 0 Å². The van der Waals surface area contributed by atoms with Crippen molar-refractivity contribution in [2.24, 2.45) is 0 Å². The van der Waals surface area contributed by atoms with Gasteiger partial charge < -0.3 is 10.6 Å². The monoisotopic (exact) mass is 342 g/mol. The summed E-state index contributed by atoms with van der Waals surface area (Å²) in [4.78, 5) is 11.5. The van der Waals surface area contributed by atoms with Crippen LogP contribution >= 0.6 is 34.8 Å². The molecule has 2 aromatic carbocycles. The van der Waals surface area contributed by atoms with Gasteiger partial charge in [-0.1, -0.05) is 46.9 Å². The third kappa shape index (κ3) is 4.03. The predicted octanol–water partition coefficient (Wildman–Crippen LogP) is 4.62. The summed E-state index contributed by atoms with van der Waals surface area (Å²) < 4.78 is 0. The van der Waals surface area contributed by atoms with Crippen LogP contribution < -0.4 is 10.6 Å². The van der Waals surface area contributed by atoms with Gasteiger partial charge in [0.15, 0.2) is 0 Å². The largest absolute Gasteiger partial charge is 0.379 e. The second-order valence-corrected chi connectivity index (χ2v) is 5.62. The molecule has 0 aromatic heterocycles. The van der Waals surface area contributed by atoms with Crippen LogP contribution in [0.1, 0.15) is 15.9 Å². The highest BCUT2D eigenvalue weighted by Gasteiger charge is 2.08. The first kappa shape index (κ1) is 16.0. The van der Waals surface area contributed by atoms with Crippen molar-refractivity contribution in [2.45, 2.75) is 6.54 Å². The molecule has 2 aromatic rings. The molecule has 0 saturated carbocycles. The minimum atomic E-state index is -0.113. The Kier molecular flexibility index (Phi) is 5.34. The summed E-state index contributed by atoms with van der Waals surface area (Å²) in [5.41, 5.74) is 2.26. The van der Waals surface area contributed by atoms with E-state index in [9.17, 15) is 4.79 Å². The highest BCUT2D eigenvalue weighted by Crippen LogP contribution is 2.33. The summed E-state index contributed by atoms with van der Waals surface area (Å²) in [6.07, 6.45) is 0. The molecule has 0 fully saturated rings. The maximum absolute atomic E-state index is 11.5. The molecule has 0 atom stereocenters. The molecule has 0 aliphatic carbocycles. The molecule has 0 spiro atoms. The minimum Gasteiger partial charge on any atom is -0.379 e. The molecule has 0 aliphatic heterocycles. The van der Waals surface area contributed by atoms with Crippen LogP contribution in [-0.4, -0.2) is 13.0 Å². The lowest BCUT2D eigenvalue weighted by Gasteiger charge is -2.11. The second kappa shape index (κ2) is 7.03. The molecular weight excluding hydrogens is 331 g/mol. The van der Waals surface area contributed by atoms with Crippen molar-refractivity contribution in [3.05, 3.63) is 62.6 Å². The zero-order valence-corrected chi connectivity index (χ0v) is 13.5. The van der Waals surface area contributed by atoms with E-state index in [1.807, 2.05) is 12.1 Å². The SMILES string of the molecule is CNC(=O)c1ccc(CNc2c(Cl)cc(Cl)cc2Cl)cc1. The quantitative estimate of drug-likeness (QED) is 0.850. The van der Waals surface area contributed by atoms with Gasteiger partial charge in [0.1, 0.15) is 0 Å². The lowest BCUT2D eigenvalue weighted by molar-refractivity contribution is 0.0963. The molecule has 2 rings (SSSR count). The minimum absolute atomic E-state index is 0.113. The first-order valence-electron chi connectivity index (χ1n) is 6.20. The molecule has 0 aliphatic rings. The van der Waals surface area contributed by atoms with Crippen molar-refractivity contribution in [1.29, 1.82) is 0 Å². The topological polar surface area (TPSA) is 41.1 Å². The summed E-state index contributed by atoms with van der Waals surface area (Å²) in [7, 11) is 1.60. The summed E-state index contributed by atoms with van der Waals surface area (Å²) in [5.74, 6) is -0.113. The zero-order chi connectivity index (χ0) is 15.4. The van der Waals surface area contributed by atoms with E-state index >= 15 is 0 Å². The lowest BCUT2D eigenvalue weighted by Crippen LogP contribution is -2.17. The molecule has 21 heavy (non-hydrogen) atoms. The summed E-state index contributed by atoms with van der Waals surface area (Å²) in [6, 6.07) is 10.5. The Hall–Kier alpha value is -1.42. The number of rotatable bonds is 4. The smallest absolute Gasteiger partial charge is 0.251 e. The van der Waals surface area contributed by atoms with E-state index in [0.717, 1.165) is 5.56 Å². The average Bonchev–Trinajstić information content (AvgIpc) is 2.46. The van der Waals surface area contributed by atoms with Gasteiger partial charge in [-0.2, -0.15) is 0 Å². The van der Waals surface area contributed by atoms with Crippen molar-refractivity contribution >= 4 is 46.4 Å². The van der Waals surface area contributed by atoms with Crippen LogP contribution in [0.5, 0.6) is 0 Å². The van der Waals surface area contributed by atoms with Gasteiger partial charge in [-0.3, -0.25) is 4.79 Å². The number of anilines is 1. The maximum atomic E-state index is 11.5. The Morgan fingerprint density at radius 3 is 2.14 bits per heavy atom. The number of amides is 1. The normalized spacial score (nSPS) is 10.3. The predicted molar refractivity (Wildman–Crippen MR) is 88.6 cm³/mol. The number of carbonyl (C=O) groups excluding carboxylic acids is 1. The van der Waals surface area contributed by atoms with Crippen molar-refractivity contribution in [2.75, 3.05) is 12.4 Å². The van der Waals surface area contributed by atoms with E-state index in [4.69, 9.17) is 34.8 Å². The van der Waals surface area contributed by atoms with Crippen LogP contribution in [0.2, 0.25) is 15.1 Å². The van der Waals surface area contributed by atoms with Crippen molar-refractivity contribution < 1.29 is 4.79 Å². The van der Waals surface area contributed by atoms with E-state index in [2.05, 4.69) is 10.6 Å². The molecule has 0 heterocycles. The molecule has 0 bridgehead atoms. The van der Waals surface area contributed by atoms with E-state index < -0.39 is 0 Å². The molecular formula is C15H13Cl3N2O. The maximum Gasteiger partial charge on any atom is 0.251 e. The number of hydrogen-bond acceptors (Lipinski definition) is 2. The highest BCUT2D eigenvalue weighted by molar-refractivity contribution is 6.41. The highest BCUT2D eigenvalue weighted by atomic mass is 35.5. The number of hydrogen-bond donors (Lipinski definition) is 2. The molecule has 1 amide bonds. The van der Waals surface area contributed by atoms with Crippen LogP contribution in [0.4, 0.5) is 5.69 Å². The number of benzene rings is 2. The average molecular weight is 344 g/mol. The van der Waals surface area contributed by atoms with E-state index in [1.54, 1.807) is 31.3 Å². The Labute approximate surface area is 138 Å². The third-order valence-electron chi connectivity index (χ3n) is 2.92. The summed E-state index contributed by atoms with van der Waals surface area (Å²) >= 11 is 18.1. The molecule has 3 nitrogen and oxygen atoms in total. The van der Waals surface area contributed by atoms with Crippen molar-refractivity contribution in [1.82, 2.24) is 5.32 Å². The zero-order valence-electron chi connectivity index (χ0n) is 11.2. The van der Waals surface area contributed by atoms with Gasteiger partial charge in [0, 0.05) is 24.2 Å². The summed E-state index contributed by atoms with van der Waals surface area (Å²) in [6.45, 7) is 0.537. The molecule has 0 radical (unpaired) electrons. The van der Waals surface area contributed by atoms with Crippen LogP contribution in [0.3, 0.4) is 0 Å². The van der Waals surface area contributed by atoms with E-state index in [0.29, 0.717) is 32.9 Å². The standard InChI is InChI=1S/C15H13Cl3N2O/c1-19-15(21)10-4-2-9(3-5-10)8-20-14-12(17)6-11(16)7-13(14)18/h2-7,20H,8H2,1H3,(H,19,21). The number of nitrogens with one attached hydrogen (secondary N) is 2. The Bertz CT molecular complexity index is 633. The second-order valence-electron chi connectivity index (χ2n) is 4.37. The van der Waals surface area contributed by atoms with Gasteiger partial charge in [0.2, 0.25) is 0 Å². The van der Waals surface area contributed by atoms with Crippen LogP contribution in [0.15, 0.2) is 36.4 Å². The van der Waals surface area contributed by atoms with Gasteiger partial charge in [0.05, 0.1) is 15.7 Å². The first-order valence-corrected chi connectivity index (χ1v) is 7.34. The van der Waals surface area contributed by atoms with Gasteiger partial charge in [0.25, 0.3) is 5.91 Å². The van der Waals surface area contributed by atoms with Crippen LogP contribution in [-0.2, 0) is 6.54 Å². The number of halogens is 3. The summed E-state index contributed by atoms with van der Waals surface area (Å²) in [5, 5.41) is 7.17. The van der Waals surface area contributed by atoms with Crippen LogP contribution in [0, 0.1) is 0 Å². The molecule has 2 N–H and O–H groups in total. The fourth-order valence-corrected chi connectivity index (χ4v) is 2.77. The lowest BCUT2D eigenvalue weighted by atomic mass is 10.1. The van der Waals surface area contributed by atoms with Crippen molar-refractivity contribution in [3.63, 3.8) is 0 Å². The van der Waals surface area contributed by atoms with Crippen LogP contribution in [0.25, 0.3) is 0 Å². The van der Waals surface area contributed by atoms with Gasteiger partial charge in [-0.25, -0.2) is 0 Å². The third-order valence-corrected chi connectivity index (χ3v) is 3.73. The van der Waals surface area contributed by atoms with Gasteiger partial charge in [-0.15, -0.1) is 0 Å². The fraction of sp³-hybridized carbons (Fsp3) is 0.133. The van der Waals surface area contributed by atoms with E-state index in [1.165, 1.54) is 0 Å². The molecule has 0 saturated heterocycles. The Morgan fingerprint density at radius 1 is 1.05 bits per heavy atom. The molecule has 110 valence electrons.